The Hall–Kier alpha value is -1.09. The molecule has 1 rings (SSSR count). The van der Waals surface area contributed by atoms with Crippen LogP contribution in [0.5, 0.6) is 0 Å². The van der Waals surface area contributed by atoms with Gasteiger partial charge < -0.3 is 10.6 Å². The van der Waals surface area contributed by atoms with Gasteiger partial charge in [0.2, 0.25) is 0 Å². The molecule has 0 saturated carbocycles. The van der Waals surface area contributed by atoms with Gasteiger partial charge in [-0.3, -0.25) is 0 Å². The van der Waals surface area contributed by atoms with Crippen molar-refractivity contribution in [3.63, 3.8) is 0 Å². The number of hydrogen-bond donors (Lipinski definition) is 2. The van der Waals surface area contributed by atoms with Crippen LogP contribution in [-0.4, -0.2) is 18.1 Å². The zero-order valence-corrected chi connectivity index (χ0v) is 14.6. The second-order valence-electron chi connectivity index (χ2n) is 7.11. The van der Waals surface area contributed by atoms with Crippen LogP contribution in [0, 0.1) is 23.7 Å². The Balaban J connectivity index is 2.52. The summed E-state index contributed by atoms with van der Waals surface area (Å²) < 4.78 is 0. The highest BCUT2D eigenvalue weighted by Gasteiger charge is 2.17. The molecule has 3 heteroatoms. The number of nitrogens with zero attached hydrogens (tertiary/aromatic N) is 1. The summed E-state index contributed by atoms with van der Waals surface area (Å²) in [6, 6.07) is 4.24. The van der Waals surface area contributed by atoms with Gasteiger partial charge >= 0.3 is 0 Å². The third-order valence-electron chi connectivity index (χ3n) is 3.94. The fourth-order valence-electron chi connectivity index (χ4n) is 2.65. The van der Waals surface area contributed by atoms with Gasteiger partial charge in [-0.25, -0.2) is 4.98 Å². The van der Waals surface area contributed by atoms with Crippen LogP contribution in [-0.2, 0) is 6.54 Å². The van der Waals surface area contributed by atoms with Crippen molar-refractivity contribution in [3.05, 3.63) is 23.9 Å². The van der Waals surface area contributed by atoms with Gasteiger partial charge in [-0.2, -0.15) is 0 Å². The fraction of sp³-hybridized carbons (Fsp3) is 0.722. The Kier molecular flexibility index (Phi) is 7.73. The molecule has 0 bridgehead atoms. The lowest BCUT2D eigenvalue weighted by atomic mass is 9.85. The summed E-state index contributed by atoms with van der Waals surface area (Å²) in [5.74, 6) is 3.73. The molecule has 0 aliphatic heterocycles. The summed E-state index contributed by atoms with van der Waals surface area (Å²) in [7, 11) is 0. The first kappa shape index (κ1) is 18.0. The monoisotopic (exact) mass is 291 g/mol. The van der Waals surface area contributed by atoms with Crippen molar-refractivity contribution in [1.82, 2.24) is 10.3 Å². The van der Waals surface area contributed by atoms with Crippen LogP contribution in [0.1, 0.15) is 47.1 Å². The van der Waals surface area contributed by atoms with Gasteiger partial charge in [0.05, 0.1) is 0 Å². The summed E-state index contributed by atoms with van der Waals surface area (Å²) >= 11 is 0. The maximum atomic E-state index is 4.43. The predicted octanol–water partition coefficient (Wildman–Crippen LogP) is 4.17. The van der Waals surface area contributed by atoms with Gasteiger partial charge in [0, 0.05) is 19.3 Å². The van der Waals surface area contributed by atoms with Crippen LogP contribution in [0.3, 0.4) is 0 Å². The lowest BCUT2D eigenvalue weighted by Crippen LogP contribution is -2.25. The Bertz CT molecular complexity index is 391. The van der Waals surface area contributed by atoms with E-state index in [1.54, 1.807) is 0 Å². The van der Waals surface area contributed by atoms with Crippen LogP contribution in [0.4, 0.5) is 5.82 Å². The molecular formula is C18H33N3. The average molecular weight is 291 g/mol. The van der Waals surface area contributed by atoms with Crippen molar-refractivity contribution in [3.8, 4) is 0 Å². The minimum absolute atomic E-state index is 0.675. The van der Waals surface area contributed by atoms with Crippen LogP contribution in [0.15, 0.2) is 18.3 Å². The second-order valence-corrected chi connectivity index (χ2v) is 7.11. The Morgan fingerprint density at radius 2 is 1.67 bits per heavy atom. The molecule has 3 nitrogen and oxygen atoms in total. The molecule has 0 saturated heterocycles. The summed E-state index contributed by atoms with van der Waals surface area (Å²) in [6.07, 6.45) is 1.90. The second kappa shape index (κ2) is 9.04. The van der Waals surface area contributed by atoms with Gasteiger partial charge in [0.15, 0.2) is 0 Å². The largest absolute Gasteiger partial charge is 0.370 e. The van der Waals surface area contributed by atoms with Gasteiger partial charge in [-0.15, -0.1) is 0 Å². The lowest BCUT2D eigenvalue weighted by molar-refractivity contribution is 0.304. The van der Waals surface area contributed by atoms with Crippen LogP contribution < -0.4 is 10.6 Å². The molecule has 1 heterocycles. The zero-order valence-electron chi connectivity index (χ0n) is 14.6. The predicted molar refractivity (Wildman–Crippen MR) is 92.4 cm³/mol. The summed E-state index contributed by atoms with van der Waals surface area (Å²) in [6.45, 7) is 16.6. The Labute approximate surface area is 130 Å². The smallest absolute Gasteiger partial charge is 0.126 e. The highest BCUT2D eigenvalue weighted by atomic mass is 15.0. The Morgan fingerprint density at radius 3 is 2.24 bits per heavy atom. The van der Waals surface area contributed by atoms with Gasteiger partial charge in [-0.1, -0.05) is 41.5 Å². The number of anilines is 1. The third-order valence-corrected chi connectivity index (χ3v) is 3.94. The topological polar surface area (TPSA) is 37.0 Å². The molecular weight excluding hydrogens is 258 g/mol. The van der Waals surface area contributed by atoms with E-state index in [4.69, 9.17) is 0 Å². The van der Waals surface area contributed by atoms with E-state index in [1.165, 1.54) is 5.56 Å². The van der Waals surface area contributed by atoms with Crippen molar-refractivity contribution in [2.45, 2.75) is 48.1 Å². The molecule has 0 radical (unpaired) electrons. The maximum Gasteiger partial charge on any atom is 0.126 e. The van der Waals surface area contributed by atoms with E-state index < -0.39 is 0 Å². The third kappa shape index (κ3) is 6.94. The molecule has 0 aliphatic carbocycles. The number of pyridine rings is 1. The number of nitrogens with one attached hydrogen (secondary N) is 2. The quantitative estimate of drug-likeness (QED) is 0.717. The number of rotatable bonds is 9. The highest BCUT2D eigenvalue weighted by Crippen LogP contribution is 2.21. The van der Waals surface area contributed by atoms with Crippen LogP contribution in [0.2, 0.25) is 0 Å². The molecule has 120 valence electrons. The number of aromatic nitrogens is 1. The van der Waals surface area contributed by atoms with Crippen molar-refractivity contribution >= 4 is 5.82 Å². The minimum Gasteiger partial charge on any atom is -0.370 e. The fourth-order valence-corrected chi connectivity index (χ4v) is 2.65. The molecule has 0 spiro atoms. The van der Waals surface area contributed by atoms with Crippen molar-refractivity contribution in [1.29, 1.82) is 0 Å². The van der Waals surface area contributed by atoms with E-state index in [1.807, 2.05) is 6.20 Å². The summed E-state index contributed by atoms with van der Waals surface area (Å²) in [5, 5.41) is 6.98. The molecule has 1 aromatic rings. The standard InChI is InChI=1S/C18H33N3/c1-13(2)10-19-11-16-7-8-20-18(9-16)21-12-17(14(3)4)15(5)6/h7-9,13-15,17,19H,10-12H2,1-6H3,(H,20,21). The first-order chi connectivity index (χ1) is 9.90. The molecule has 0 amide bonds. The van der Waals surface area contributed by atoms with Gasteiger partial charge in [0.1, 0.15) is 5.82 Å². The minimum atomic E-state index is 0.675. The van der Waals surface area contributed by atoms with E-state index in [9.17, 15) is 0 Å². The van der Waals surface area contributed by atoms with Crippen LogP contribution in [0.25, 0.3) is 0 Å². The molecule has 0 atom stereocenters. The van der Waals surface area contributed by atoms with E-state index in [0.717, 1.165) is 25.5 Å². The summed E-state index contributed by atoms with van der Waals surface area (Å²) in [4.78, 5) is 4.43. The van der Waals surface area contributed by atoms with Crippen LogP contribution >= 0.6 is 0 Å². The van der Waals surface area contributed by atoms with E-state index >= 15 is 0 Å². The first-order valence-corrected chi connectivity index (χ1v) is 8.29. The molecule has 0 aromatic carbocycles. The summed E-state index contributed by atoms with van der Waals surface area (Å²) in [5.41, 5.74) is 1.29. The van der Waals surface area contributed by atoms with E-state index in [0.29, 0.717) is 23.7 Å². The van der Waals surface area contributed by atoms with Crippen molar-refractivity contribution in [2.75, 3.05) is 18.4 Å². The first-order valence-electron chi connectivity index (χ1n) is 8.29. The normalized spacial score (nSPS) is 11.9. The molecule has 1 aromatic heterocycles. The van der Waals surface area contributed by atoms with Crippen molar-refractivity contribution in [2.24, 2.45) is 23.7 Å². The van der Waals surface area contributed by atoms with E-state index in [-0.39, 0.29) is 0 Å². The van der Waals surface area contributed by atoms with E-state index in [2.05, 4.69) is 69.3 Å². The molecule has 0 aliphatic rings. The molecule has 0 fully saturated rings. The lowest BCUT2D eigenvalue weighted by Gasteiger charge is -2.25. The highest BCUT2D eigenvalue weighted by molar-refractivity contribution is 5.37. The molecule has 0 unspecified atom stereocenters. The maximum absolute atomic E-state index is 4.43. The molecule has 21 heavy (non-hydrogen) atoms. The number of hydrogen-bond acceptors (Lipinski definition) is 3. The molecule has 2 N–H and O–H groups in total. The van der Waals surface area contributed by atoms with Crippen molar-refractivity contribution < 1.29 is 0 Å². The Morgan fingerprint density at radius 1 is 1.00 bits per heavy atom. The SMILES string of the molecule is CC(C)CNCc1ccnc(NCC(C(C)C)C(C)C)c1. The zero-order chi connectivity index (χ0) is 15.8. The van der Waals surface area contributed by atoms with Gasteiger partial charge in [0.25, 0.3) is 0 Å². The van der Waals surface area contributed by atoms with Gasteiger partial charge in [-0.05, 0) is 47.9 Å². The average Bonchev–Trinajstić information content (AvgIpc) is 2.38.